The van der Waals surface area contributed by atoms with Gasteiger partial charge in [0, 0.05) is 16.7 Å². The van der Waals surface area contributed by atoms with Crippen molar-refractivity contribution in [1.29, 1.82) is 0 Å². The van der Waals surface area contributed by atoms with E-state index in [0.717, 1.165) is 5.69 Å². The van der Waals surface area contributed by atoms with Crippen LogP contribution in [0.1, 0.15) is 32.2 Å². The van der Waals surface area contributed by atoms with Gasteiger partial charge in [-0.05, 0) is 12.2 Å². The number of hydrogen-bond acceptors (Lipinski definition) is 3. The second-order valence-corrected chi connectivity index (χ2v) is 6.70. The van der Waals surface area contributed by atoms with Crippen molar-refractivity contribution < 1.29 is 4.39 Å². The lowest BCUT2D eigenvalue weighted by Gasteiger charge is -2.16. The Morgan fingerprint density at radius 1 is 1.19 bits per heavy atom. The van der Waals surface area contributed by atoms with E-state index in [-0.39, 0.29) is 21.7 Å². The van der Waals surface area contributed by atoms with Gasteiger partial charge in [-0.2, -0.15) is 0 Å². The first-order valence-electron chi connectivity index (χ1n) is 7.91. The number of H-pyrrole nitrogens is 3. The van der Waals surface area contributed by atoms with Crippen LogP contribution < -0.4 is 21.8 Å². The molecule has 0 aliphatic heterocycles. The minimum Gasteiger partial charge on any atom is -0.348 e. The zero-order chi connectivity index (χ0) is 19.5. The molecule has 0 unspecified atom stereocenters. The van der Waals surface area contributed by atoms with Crippen LogP contribution in [0.25, 0.3) is 12.2 Å². The van der Waals surface area contributed by atoms with Crippen molar-refractivity contribution in [3.05, 3.63) is 85.8 Å². The number of nitrogens with one attached hydrogen (secondary N) is 3. The van der Waals surface area contributed by atoms with E-state index in [2.05, 4.69) is 33.1 Å². The molecule has 0 bridgehead atoms. The largest absolute Gasteiger partial charge is 0.348 e. The van der Waals surface area contributed by atoms with Gasteiger partial charge in [-0.25, -0.2) is 9.37 Å². The topological polar surface area (TPSA) is 94.4 Å². The highest BCUT2D eigenvalue weighted by molar-refractivity contribution is 5.55. The summed E-state index contributed by atoms with van der Waals surface area (Å²) < 4.78 is 13.4. The summed E-state index contributed by atoms with van der Waals surface area (Å²) in [6, 6.07) is 0. The Bertz CT molecular complexity index is 1110. The Morgan fingerprint density at radius 2 is 1.81 bits per heavy atom. The molecule has 0 aromatic carbocycles. The number of imidazole rings is 1. The van der Waals surface area contributed by atoms with E-state index in [1.807, 2.05) is 20.8 Å². The molecule has 0 fully saturated rings. The molecule has 0 radical (unpaired) electrons. The molecule has 2 aromatic rings. The van der Waals surface area contributed by atoms with E-state index in [1.54, 1.807) is 0 Å². The van der Waals surface area contributed by atoms with Crippen LogP contribution in [0.4, 0.5) is 4.39 Å². The Morgan fingerprint density at radius 3 is 2.38 bits per heavy atom. The molecule has 2 heterocycles. The van der Waals surface area contributed by atoms with E-state index >= 15 is 0 Å². The van der Waals surface area contributed by atoms with Gasteiger partial charge in [0.25, 0.3) is 11.1 Å². The summed E-state index contributed by atoms with van der Waals surface area (Å²) in [7, 11) is 0. The van der Waals surface area contributed by atoms with Crippen LogP contribution >= 0.6 is 0 Å². The van der Waals surface area contributed by atoms with Gasteiger partial charge >= 0.3 is 0 Å². The van der Waals surface area contributed by atoms with Gasteiger partial charge in [-0.3, -0.25) is 9.59 Å². The van der Waals surface area contributed by atoms with Crippen molar-refractivity contribution in [3.8, 4) is 0 Å². The van der Waals surface area contributed by atoms with Gasteiger partial charge in [0.15, 0.2) is 0 Å². The maximum atomic E-state index is 13.4. The van der Waals surface area contributed by atoms with Crippen molar-refractivity contribution in [1.82, 2.24) is 19.9 Å². The molecule has 0 amide bonds. The third kappa shape index (κ3) is 4.24. The average Bonchev–Trinajstić information content (AvgIpc) is 2.99. The molecule has 2 aromatic heterocycles. The second-order valence-electron chi connectivity index (χ2n) is 6.70. The molecule has 3 N–H and O–H groups in total. The van der Waals surface area contributed by atoms with Crippen LogP contribution in [0.5, 0.6) is 0 Å². The molecule has 7 heteroatoms. The summed E-state index contributed by atoms with van der Waals surface area (Å²) >= 11 is 0. The summed E-state index contributed by atoms with van der Waals surface area (Å²) in [5.41, 5.74) is 0.119. The van der Waals surface area contributed by atoms with Crippen molar-refractivity contribution in [2.45, 2.75) is 26.2 Å². The summed E-state index contributed by atoms with van der Waals surface area (Å²) in [6.45, 7) is 12.7. The standard InChI is InChI=1S/C19H21FN4O2/c1-6-7-12(11(2)20)8-14-17(25)24-15(18(26)23-14)9-13-16(19(3,4)5)22-10-21-13/h6-10H,1-2H2,3-5H3,(H,21,22)(H,23,26)(H,24,25)/b12-7-,14-8-,15-9-. The number of aromatic nitrogens is 4. The van der Waals surface area contributed by atoms with Crippen molar-refractivity contribution in [3.63, 3.8) is 0 Å². The molecule has 0 saturated heterocycles. The number of halogens is 1. The molecule has 0 atom stereocenters. The molecule has 0 saturated carbocycles. The fourth-order valence-corrected chi connectivity index (χ4v) is 2.35. The number of aromatic amines is 3. The number of hydrogen-bond donors (Lipinski definition) is 3. The van der Waals surface area contributed by atoms with E-state index in [0.29, 0.717) is 5.69 Å². The van der Waals surface area contributed by atoms with Crippen molar-refractivity contribution in [2.75, 3.05) is 0 Å². The minimum atomic E-state index is -0.743. The van der Waals surface area contributed by atoms with Crippen LogP contribution in [0.2, 0.25) is 0 Å². The summed E-state index contributed by atoms with van der Waals surface area (Å²) in [4.78, 5) is 36.8. The van der Waals surface area contributed by atoms with Crippen LogP contribution in [-0.4, -0.2) is 19.9 Å². The highest BCUT2D eigenvalue weighted by Crippen LogP contribution is 2.22. The van der Waals surface area contributed by atoms with Gasteiger partial charge in [-0.1, -0.05) is 46.1 Å². The molecule has 6 nitrogen and oxygen atoms in total. The molecular weight excluding hydrogens is 335 g/mol. The van der Waals surface area contributed by atoms with Crippen molar-refractivity contribution >= 4 is 12.2 Å². The minimum absolute atomic E-state index is 0.0419. The molecule has 0 aliphatic rings. The Hall–Kier alpha value is -3.22. The van der Waals surface area contributed by atoms with Crippen LogP contribution in [0.15, 0.2) is 52.6 Å². The number of nitrogens with zero attached hydrogens (tertiary/aromatic N) is 1. The molecule has 0 aliphatic carbocycles. The Labute approximate surface area is 149 Å². The smallest absolute Gasteiger partial charge is 0.272 e. The van der Waals surface area contributed by atoms with E-state index in [1.165, 1.54) is 30.6 Å². The lowest BCUT2D eigenvalue weighted by atomic mass is 9.90. The fraction of sp³-hybridized carbons (Fsp3) is 0.211. The van der Waals surface area contributed by atoms with Crippen LogP contribution in [-0.2, 0) is 5.41 Å². The third-order valence-electron chi connectivity index (χ3n) is 3.60. The van der Waals surface area contributed by atoms with Crippen molar-refractivity contribution in [2.24, 2.45) is 0 Å². The molecular formula is C19H21FN4O2. The van der Waals surface area contributed by atoms with E-state index < -0.39 is 16.9 Å². The first-order valence-corrected chi connectivity index (χ1v) is 7.91. The molecule has 26 heavy (non-hydrogen) atoms. The number of rotatable bonds is 4. The highest BCUT2D eigenvalue weighted by atomic mass is 19.1. The van der Waals surface area contributed by atoms with E-state index in [4.69, 9.17) is 0 Å². The third-order valence-corrected chi connectivity index (χ3v) is 3.60. The zero-order valence-corrected chi connectivity index (χ0v) is 14.9. The van der Waals surface area contributed by atoms with Gasteiger partial charge in [-0.15, -0.1) is 0 Å². The van der Waals surface area contributed by atoms with Gasteiger partial charge in [0.1, 0.15) is 16.5 Å². The molecule has 0 spiro atoms. The predicted molar refractivity (Wildman–Crippen MR) is 101 cm³/mol. The normalized spacial score (nSPS) is 13.9. The lowest BCUT2D eigenvalue weighted by Crippen LogP contribution is -2.46. The van der Waals surface area contributed by atoms with Crippen LogP contribution in [0, 0.1) is 0 Å². The first kappa shape index (κ1) is 19.1. The SMILES string of the molecule is C=C/C=C(/C=c1\[nH]c(=O)/c(=C/c2nc[nH]c2C(C)(C)C)[nH]c1=O)C(=C)F. The average molecular weight is 356 g/mol. The molecule has 2 rings (SSSR count). The Kier molecular flexibility index (Phi) is 5.40. The van der Waals surface area contributed by atoms with Gasteiger partial charge in [0.05, 0.1) is 12.0 Å². The summed E-state index contributed by atoms with van der Waals surface area (Å²) in [5.74, 6) is -0.743. The monoisotopic (exact) mass is 356 g/mol. The summed E-state index contributed by atoms with van der Waals surface area (Å²) in [6.07, 6.45) is 6.93. The first-order chi connectivity index (χ1) is 12.1. The maximum Gasteiger partial charge on any atom is 0.272 e. The van der Waals surface area contributed by atoms with Gasteiger partial charge < -0.3 is 15.0 Å². The quantitative estimate of drug-likeness (QED) is 0.721. The fourth-order valence-electron chi connectivity index (χ4n) is 2.35. The summed E-state index contributed by atoms with van der Waals surface area (Å²) in [5, 5.41) is -0.0322. The maximum absolute atomic E-state index is 13.4. The zero-order valence-electron chi connectivity index (χ0n) is 14.9. The van der Waals surface area contributed by atoms with E-state index in [9.17, 15) is 14.0 Å². The molecule has 136 valence electrons. The highest BCUT2D eigenvalue weighted by Gasteiger charge is 2.19. The Balaban J connectivity index is 2.66. The number of allylic oxidation sites excluding steroid dienone is 4. The lowest BCUT2D eigenvalue weighted by molar-refractivity contribution is 0.571. The predicted octanol–water partition coefficient (Wildman–Crippen LogP) is 1.29. The van der Waals surface area contributed by atoms with Gasteiger partial charge in [0.2, 0.25) is 0 Å². The van der Waals surface area contributed by atoms with Crippen LogP contribution in [0.3, 0.4) is 0 Å². The second kappa shape index (κ2) is 7.35.